The summed E-state index contributed by atoms with van der Waals surface area (Å²) in [6, 6.07) is 2.61. The number of nitrogens with two attached hydrogens (primary N) is 1. The molecule has 2 rings (SSSR count). The number of hydrogen-bond acceptors (Lipinski definition) is 3. The Balaban J connectivity index is 2.08. The second-order valence-electron chi connectivity index (χ2n) is 4.51. The van der Waals surface area contributed by atoms with Gasteiger partial charge in [0, 0.05) is 6.54 Å². The van der Waals surface area contributed by atoms with E-state index in [4.69, 9.17) is 5.73 Å². The maximum atomic E-state index is 12.7. The zero-order chi connectivity index (χ0) is 12.3. The number of carbonyl (C=O) groups is 1. The Morgan fingerprint density at radius 1 is 1.47 bits per heavy atom. The summed E-state index contributed by atoms with van der Waals surface area (Å²) in [6.07, 6.45) is 4.99. The Hall–Kier alpha value is -1.49. The van der Waals surface area contributed by atoms with Gasteiger partial charge < -0.3 is 11.1 Å². The summed E-state index contributed by atoms with van der Waals surface area (Å²) in [7, 11) is 0. The third-order valence-electron chi connectivity index (χ3n) is 3.29. The normalized spacial score (nSPS) is 18.0. The van der Waals surface area contributed by atoms with Gasteiger partial charge in [-0.15, -0.1) is 0 Å². The van der Waals surface area contributed by atoms with Crippen LogP contribution in [0.4, 0.5) is 4.39 Å². The molecule has 0 radical (unpaired) electrons. The molecule has 92 valence electrons. The lowest BCUT2D eigenvalue weighted by Gasteiger charge is -2.28. The number of halogens is 1. The number of rotatable bonds is 3. The van der Waals surface area contributed by atoms with Crippen LogP contribution in [0.15, 0.2) is 18.3 Å². The number of nitrogens with one attached hydrogen (secondary N) is 1. The predicted molar refractivity (Wildman–Crippen MR) is 61.9 cm³/mol. The van der Waals surface area contributed by atoms with Crippen molar-refractivity contribution < 1.29 is 9.18 Å². The topological polar surface area (TPSA) is 68.0 Å². The van der Waals surface area contributed by atoms with Crippen LogP contribution in [0.5, 0.6) is 0 Å². The lowest BCUT2D eigenvalue weighted by atomic mass is 9.97. The molecule has 0 unspecified atom stereocenters. The summed E-state index contributed by atoms with van der Waals surface area (Å²) in [4.78, 5) is 15.7. The van der Waals surface area contributed by atoms with Crippen LogP contribution >= 0.6 is 0 Å². The smallest absolute Gasteiger partial charge is 0.270 e. The molecule has 1 amide bonds. The van der Waals surface area contributed by atoms with Gasteiger partial charge in [-0.1, -0.05) is 12.8 Å². The third kappa shape index (κ3) is 2.61. The highest BCUT2D eigenvalue weighted by atomic mass is 19.1. The monoisotopic (exact) mass is 237 g/mol. The summed E-state index contributed by atoms with van der Waals surface area (Å²) in [6.45, 7) is 0.430. The van der Waals surface area contributed by atoms with Crippen LogP contribution in [0.2, 0.25) is 0 Å². The highest BCUT2D eigenvalue weighted by Crippen LogP contribution is 2.28. The molecule has 3 N–H and O–H groups in total. The van der Waals surface area contributed by atoms with Gasteiger partial charge in [-0.05, 0) is 25.0 Å². The van der Waals surface area contributed by atoms with Crippen molar-refractivity contribution in [3.05, 3.63) is 29.8 Å². The fraction of sp³-hybridized carbons (Fsp3) is 0.500. The number of pyridine rings is 1. The molecule has 0 atom stereocenters. The summed E-state index contributed by atoms with van der Waals surface area (Å²) >= 11 is 0. The van der Waals surface area contributed by atoms with E-state index in [2.05, 4.69) is 10.3 Å². The van der Waals surface area contributed by atoms with Crippen molar-refractivity contribution in [2.45, 2.75) is 31.2 Å². The summed E-state index contributed by atoms with van der Waals surface area (Å²) < 4.78 is 12.7. The summed E-state index contributed by atoms with van der Waals surface area (Å²) in [5, 5.41) is 2.93. The molecule has 5 heteroatoms. The van der Waals surface area contributed by atoms with E-state index in [9.17, 15) is 9.18 Å². The van der Waals surface area contributed by atoms with Crippen molar-refractivity contribution in [3.8, 4) is 0 Å². The van der Waals surface area contributed by atoms with E-state index >= 15 is 0 Å². The van der Waals surface area contributed by atoms with E-state index in [1.807, 2.05) is 0 Å². The number of hydrogen-bond donors (Lipinski definition) is 2. The highest BCUT2D eigenvalue weighted by Gasteiger charge is 2.34. The Labute approximate surface area is 99.4 Å². The van der Waals surface area contributed by atoms with Crippen molar-refractivity contribution in [1.82, 2.24) is 10.3 Å². The summed E-state index contributed by atoms with van der Waals surface area (Å²) in [5.74, 6) is -0.728. The SMILES string of the molecule is NCC1(NC(=O)c2ccc(F)cn2)CCCC1. The lowest BCUT2D eigenvalue weighted by Crippen LogP contribution is -2.51. The van der Waals surface area contributed by atoms with Gasteiger partial charge in [0.15, 0.2) is 0 Å². The quantitative estimate of drug-likeness (QED) is 0.830. The number of amides is 1. The van der Waals surface area contributed by atoms with Crippen molar-refractivity contribution in [1.29, 1.82) is 0 Å². The van der Waals surface area contributed by atoms with E-state index in [1.165, 1.54) is 12.1 Å². The molecular formula is C12H16FN3O. The second kappa shape index (κ2) is 4.79. The number of aromatic nitrogens is 1. The number of carbonyl (C=O) groups excluding carboxylic acids is 1. The molecular weight excluding hydrogens is 221 g/mol. The fourth-order valence-corrected chi connectivity index (χ4v) is 2.25. The molecule has 0 spiro atoms. The van der Waals surface area contributed by atoms with E-state index in [0.717, 1.165) is 31.9 Å². The average Bonchev–Trinajstić information content (AvgIpc) is 2.79. The standard InChI is InChI=1S/C12H16FN3O/c13-9-3-4-10(15-7-9)11(17)16-12(8-14)5-1-2-6-12/h3-4,7H,1-2,5-6,8,14H2,(H,16,17). The maximum Gasteiger partial charge on any atom is 0.270 e. The first-order chi connectivity index (χ1) is 8.15. The van der Waals surface area contributed by atoms with Crippen LogP contribution in [0.1, 0.15) is 36.2 Å². The molecule has 0 aromatic carbocycles. The largest absolute Gasteiger partial charge is 0.344 e. The Bertz CT molecular complexity index is 399. The first-order valence-electron chi connectivity index (χ1n) is 5.79. The van der Waals surface area contributed by atoms with Gasteiger partial charge in [-0.3, -0.25) is 4.79 Å². The molecule has 1 fully saturated rings. The van der Waals surface area contributed by atoms with Crippen LogP contribution in [-0.4, -0.2) is 23.0 Å². The molecule has 0 aliphatic heterocycles. The van der Waals surface area contributed by atoms with Crippen LogP contribution in [0.3, 0.4) is 0 Å². The second-order valence-corrected chi connectivity index (χ2v) is 4.51. The summed E-state index contributed by atoms with van der Waals surface area (Å²) in [5.41, 5.74) is 5.65. The van der Waals surface area contributed by atoms with Crippen molar-refractivity contribution in [2.24, 2.45) is 5.73 Å². The predicted octanol–water partition coefficient (Wildman–Crippen LogP) is 1.22. The van der Waals surface area contributed by atoms with E-state index in [1.54, 1.807) is 0 Å². The van der Waals surface area contributed by atoms with E-state index in [0.29, 0.717) is 6.54 Å². The Kier molecular flexibility index (Phi) is 3.38. The van der Waals surface area contributed by atoms with Gasteiger partial charge in [-0.2, -0.15) is 0 Å². The van der Waals surface area contributed by atoms with Crippen molar-refractivity contribution in [3.63, 3.8) is 0 Å². The van der Waals surface area contributed by atoms with Gasteiger partial charge in [0.1, 0.15) is 11.5 Å². The molecule has 1 aromatic heterocycles. The maximum absolute atomic E-state index is 12.7. The number of nitrogens with zero attached hydrogens (tertiary/aromatic N) is 1. The van der Waals surface area contributed by atoms with Gasteiger partial charge in [0.2, 0.25) is 0 Å². The zero-order valence-electron chi connectivity index (χ0n) is 9.58. The van der Waals surface area contributed by atoms with Crippen LogP contribution in [0, 0.1) is 5.82 Å². The van der Waals surface area contributed by atoms with Gasteiger partial charge in [0.25, 0.3) is 5.91 Å². The Morgan fingerprint density at radius 3 is 2.71 bits per heavy atom. The molecule has 0 saturated heterocycles. The lowest BCUT2D eigenvalue weighted by molar-refractivity contribution is 0.0898. The van der Waals surface area contributed by atoms with Gasteiger partial charge in [0.05, 0.1) is 11.7 Å². The van der Waals surface area contributed by atoms with Crippen LogP contribution in [-0.2, 0) is 0 Å². The molecule has 4 nitrogen and oxygen atoms in total. The minimum Gasteiger partial charge on any atom is -0.344 e. The first-order valence-corrected chi connectivity index (χ1v) is 5.79. The van der Waals surface area contributed by atoms with Gasteiger partial charge >= 0.3 is 0 Å². The van der Waals surface area contributed by atoms with Crippen LogP contribution < -0.4 is 11.1 Å². The van der Waals surface area contributed by atoms with Crippen LogP contribution in [0.25, 0.3) is 0 Å². The third-order valence-corrected chi connectivity index (χ3v) is 3.29. The molecule has 17 heavy (non-hydrogen) atoms. The Morgan fingerprint density at radius 2 is 2.18 bits per heavy atom. The van der Waals surface area contributed by atoms with Crippen molar-refractivity contribution in [2.75, 3.05) is 6.54 Å². The first kappa shape index (κ1) is 12.0. The van der Waals surface area contributed by atoms with Crippen molar-refractivity contribution >= 4 is 5.91 Å². The zero-order valence-corrected chi connectivity index (χ0v) is 9.58. The molecule has 1 aromatic rings. The molecule has 1 saturated carbocycles. The minimum atomic E-state index is -0.448. The molecule has 1 heterocycles. The van der Waals surface area contributed by atoms with E-state index in [-0.39, 0.29) is 17.1 Å². The highest BCUT2D eigenvalue weighted by molar-refractivity contribution is 5.92. The molecule has 1 aliphatic carbocycles. The van der Waals surface area contributed by atoms with Gasteiger partial charge in [-0.25, -0.2) is 9.37 Å². The molecule has 0 bridgehead atoms. The van der Waals surface area contributed by atoms with E-state index < -0.39 is 5.82 Å². The minimum absolute atomic E-state index is 0.228. The fourth-order valence-electron chi connectivity index (χ4n) is 2.25. The average molecular weight is 237 g/mol. The molecule has 1 aliphatic rings.